The van der Waals surface area contributed by atoms with Crippen LogP contribution in [0.4, 0.5) is 0 Å². The van der Waals surface area contributed by atoms with E-state index in [2.05, 4.69) is 33.6 Å². The van der Waals surface area contributed by atoms with Crippen molar-refractivity contribution in [3.8, 4) is 23.7 Å². The second-order valence-electron chi connectivity index (χ2n) is 5.48. The van der Waals surface area contributed by atoms with Crippen molar-refractivity contribution in [2.45, 2.75) is 40.5 Å². The van der Waals surface area contributed by atoms with Gasteiger partial charge in [0.2, 0.25) is 0 Å². The van der Waals surface area contributed by atoms with Crippen molar-refractivity contribution < 1.29 is 9.59 Å². The molecule has 2 aromatic heterocycles. The minimum atomic E-state index is 0.579. The second kappa shape index (κ2) is 7.53. The number of carbonyl (C=O) groups excluding carboxylic acids is 2. The Morgan fingerprint density at radius 3 is 1.42 bits per heavy atom. The zero-order valence-corrected chi connectivity index (χ0v) is 14.4. The van der Waals surface area contributed by atoms with Crippen LogP contribution in [0.25, 0.3) is 0 Å². The molecule has 122 valence electrons. The van der Waals surface area contributed by atoms with Gasteiger partial charge in [-0.3, -0.25) is 9.59 Å². The van der Waals surface area contributed by atoms with Gasteiger partial charge in [0.15, 0.2) is 12.6 Å². The Morgan fingerprint density at radius 1 is 0.792 bits per heavy atom. The topological polar surface area (TPSA) is 65.7 Å². The molecule has 2 rings (SSSR count). The van der Waals surface area contributed by atoms with Crippen molar-refractivity contribution in [1.82, 2.24) is 9.97 Å². The molecule has 2 aromatic rings. The fourth-order valence-corrected chi connectivity index (χ4v) is 2.86. The van der Waals surface area contributed by atoms with Gasteiger partial charge < -0.3 is 9.97 Å². The van der Waals surface area contributed by atoms with Crippen LogP contribution in [0.5, 0.6) is 0 Å². The van der Waals surface area contributed by atoms with Crippen molar-refractivity contribution in [3.05, 3.63) is 45.0 Å². The van der Waals surface area contributed by atoms with Crippen molar-refractivity contribution >= 4 is 12.6 Å². The first kappa shape index (κ1) is 17.4. The summed E-state index contributed by atoms with van der Waals surface area (Å²) in [6.45, 7) is 7.89. The Labute approximate surface area is 142 Å². The maximum atomic E-state index is 11.1. The summed E-state index contributed by atoms with van der Waals surface area (Å²) in [5.41, 5.74) is 6.55. The minimum absolute atomic E-state index is 0.579. The highest BCUT2D eigenvalue weighted by molar-refractivity contribution is 5.77. The number of aromatic amines is 2. The summed E-state index contributed by atoms with van der Waals surface area (Å²) in [5.74, 6) is 11.5. The Hall–Kier alpha value is -2.98. The van der Waals surface area contributed by atoms with Crippen LogP contribution >= 0.6 is 0 Å². The summed E-state index contributed by atoms with van der Waals surface area (Å²) in [4.78, 5) is 28.2. The molecular weight excluding hydrogens is 300 g/mol. The Kier molecular flexibility index (Phi) is 5.45. The Morgan fingerprint density at radius 2 is 1.17 bits per heavy atom. The highest BCUT2D eigenvalue weighted by atomic mass is 16.1. The fraction of sp³-hybridized carbons (Fsp3) is 0.300. The first-order valence-corrected chi connectivity index (χ1v) is 7.92. The van der Waals surface area contributed by atoms with Gasteiger partial charge in [-0.05, 0) is 72.6 Å². The summed E-state index contributed by atoms with van der Waals surface area (Å²) in [7, 11) is 0. The molecule has 4 nitrogen and oxygen atoms in total. The Bertz CT molecular complexity index is 829. The van der Waals surface area contributed by atoms with Crippen LogP contribution in [-0.4, -0.2) is 22.5 Å². The number of nitrogens with one attached hydrogen (secondary N) is 2. The van der Waals surface area contributed by atoms with Crippen LogP contribution in [0.1, 0.15) is 68.5 Å². The smallest absolute Gasteiger partial charge is 0.166 e. The molecule has 0 radical (unpaired) electrons. The summed E-state index contributed by atoms with van der Waals surface area (Å²) in [6, 6.07) is 0. The number of carbonyl (C=O) groups is 2. The van der Waals surface area contributed by atoms with E-state index in [1.54, 1.807) is 0 Å². The third-order valence-electron chi connectivity index (χ3n) is 4.21. The van der Waals surface area contributed by atoms with Gasteiger partial charge in [0.05, 0.1) is 22.8 Å². The third-order valence-corrected chi connectivity index (χ3v) is 4.21. The summed E-state index contributed by atoms with van der Waals surface area (Å²) < 4.78 is 0. The lowest BCUT2D eigenvalue weighted by atomic mass is 10.1. The maximum absolute atomic E-state index is 11.1. The van der Waals surface area contributed by atoms with Gasteiger partial charge in [0, 0.05) is 0 Å². The van der Waals surface area contributed by atoms with Crippen LogP contribution in [0, 0.1) is 37.5 Å². The molecular formula is C20H20N2O2. The summed E-state index contributed by atoms with van der Waals surface area (Å²) in [6.07, 6.45) is 3.19. The minimum Gasteiger partial charge on any atom is -0.345 e. The largest absolute Gasteiger partial charge is 0.345 e. The van der Waals surface area contributed by atoms with E-state index < -0.39 is 0 Å². The van der Waals surface area contributed by atoms with Crippen LogP contribution in [0.15, 0.2) is 0 Å². The van der Waals surface area contributed by atoms with E-state index in [1.807, 2.05) is 27.7 Å². The molecule has 0 saturated carbocycles. The standard InChI is InChI=1S/C20H20N2O2/c1-5-15-13(3)17(21-19(15)11-23)9-7-8-10-18-14(4)16(6-2)20(12-24)22-18/h11-12,21-22H,5-6H2,1-4H3. The number of hydrogen-bond acceptors (Lipinski definition) is 2. The number of rotatable bonds is 4. The van der Waals surface area contributed by atoms with E-state index in [0.29, 0.717) is 22.8 Å². The van der Waals surface area contributed by atoms with E-state index >= 15 is 0 Å². The SMILES string of the molecule is CCc1c(C=O)[nH]c(C#CC#Cc2[nH]c(C=O)c(CC)c2C)c1C. The van der Waals surface area contributed by atoms with Crippen LogP contribution in [-0.2, 0) is 12.8 Å². The van der Waals surface area contributed by atoms with Gasteiger partial charge in [-0.15, -0.1) is 0 Å². The quantitative estimate of drug-likeness (QED) is 0.671. The highest BCUT2D eigenvalue weighted by Gasteiger charge is 2.11. The first-order valence-electron chi connectivity index (χ1n) is 7.92. The number of aldehydes is 2. The molecule has 0 aliphatic carbocycles. The van der Waals surface area contributed by atoms with Gasteiger partial charge in [-0.2, -0.15) is 0 Å². The summed E-state index contributed by atoms with van der Waals surface area (Å²) in [5, 5.41) is 0. The lowest BCUT2D eigenvalue weighted by molar-refractivity contribution is 0.111. The normalized spacial score (nSPS) is 9.67. The zero-order valence-electron chi connectivity index (χ0n) is 14.4. The van der Waals surface area contributed by atoms with E-state index in [9.17, 15) is 9.59 Å². The monoisotopic (exact) mass is 320 g/mol. The first-order chi connectivity index (χ1) is 11.6. The molecule has 0 aliphatic rings. The molecule has 0 spiro atoms. The van der Waals surface area contributed by atoms with Gasteiger partial charge in [-0.25, -0.2) is 0 Å². The van der Waals surface area contributed by atoms with Crippen molar-refractivity contribution in [2.24, 2.45) is 0 Å². The number of aromatic nitrogens is 2. The molecule has 0 atom stereocenters. The van der Waals surface area contributed by atoms with Gasteiger partial charge in [0.1, 0.15) is 0 Å². The molecule has 0 saturated heterocycles. The maximum Gasteiger partial charge on any atom is 0.166 e. The molecule has 0 fully saturated rings. The highest BCUT2D eigenvalue weighted by Crippen LogP contribution is 2.18. The lowest BCUT2D eigenvalue weighted by Crippen LogP contribution is -1.87. The van der Waals surface area contributed by atoms with E-state index in [4.69, 9.17) is 0 Å². The molecule has 24 heavy (non-hydrogen) atoms. The van der Waals surface area contributed by atoms with Gasteiger partial charge in [0.25, 0.3) is 0 Å². The molecule has 0 amide bonds. The van der Waals surface area contributed by atoms with Crippen molar-refractivity contribution in [1.29, 1.82) is 0 Å². The Balaban J connectivity index is 2.32. The van der Waals surface area contributed by atoms with Crippen LogP contribution in [0.2, 0.25) is 0 Å². The van der Waals surface area contributed by atoms with Crippen LogP contribution < -0.4 is 0 Å². The zero-order chi connectivity index (χ0) is 17.7. The van der Waals surface area contributed by atoms with Gasteiger partial charge in [-0.1, -0.05) is 13.8 Å². The van der Waals surface area contributed by atoms with Crippen molar-refractivity contribution in [3.63, 3.8) is 0 Å². The van der Waals surface area contributed by atoms with Crippen LogP contribution in [0.3, 0.4) is 0 Å². The van der Waals surface area contributed by atoms with Gasteiger partial charge >= 0.3 is 0 Å². The molecule has 2 heterocycles. The molecule has 2 N–H and O–H groups in total. The summed E-state index contributed by atoms with van der Waals surface area (Å²) >= 11 is 0. The van der Waals surface area contributed by atoms with E-state index in [0.717, 1.165) is 47.7 Å². The van der Waals surface area contributed by atoms with E-state index in [1.165, 1.54) is 0 Å². The van der Waals surface area contributed by atoms with Crippen molar-refractivity contribution in [2.75, 3.05) is 0 Å². The number of hydrogen-bond donors (Lipinski definition) is 2. The molecule has 4 heteroatoms. The molecule has 0 unspecified atom stereocenters. The molecule has 0 aromatic carbocycles. The number of H-pyrrole nitrogens is 2. The average molecular weight is 320 g/mol. The third kappa shape index (κ3) is 3.19. The second-order valence-corrected chi connectivity index (χ2v) is 5.48. The predicted octanol–water partition coefficient (Wildman–Crippen LogP) is 3.11. The van der Waals surface area contributed by atoms with E-state index in [-0.39, 0.29) is 0 Å². The average Bonchev–Trinajstić information content (AvgIpc) is 3.07. The fourth-order valence-electron chi connectivity index (χ4n) is 2.86. The lowest BCUT2D eigenvalue weighted by Gasteiger charge is -1.93. The molecule has 0 aliphatic heterocycles. The molecule has 0 bridgehead atoms. The predicted molar refractivity (Wildman–Crippen MR) is 94.3 cm³/mol.